The molecule has 3 aromatic heterocycles. The third kappa shape index (κ3) is 3.36. The second-order valence-electron chi connectivity index (χ2n) is 6.40. The van der Waals surface area contributed by atoms with E-state index in [9.17, 15) is 4.79 Å². The molecule has 1 amide bonds. The van der Waals surface area contributed by atoms with Gasteiger partial charge in [0.05, 0.1) is 5.69 Å². The van der Waals surface area contributed by atoms with Crippen molar-refractivity contribution in [2.45, 2.75) is 20.4 Å². The number of benzene rings is 1. The highest BCUT2D eigenvalue weighted by Crippen LogP contribution is 2.34. The van der Waals surface area contributed by atoms with Crippen LogP contribution in [0, 0.1) is 13.8 Å². The maximum atomic E-state index is 13.0. The number of rotatable bonds is 4. The van der Waals surface area contributed by atoms with Crippen molar-refractivity contribution in [2.24, 2.45) is 0 Å². The third-order valence-corrected chi connectivity index (χ3v) is 5.82. The van der Waals surface area contributed by atoms with Gasteiger partial charge in [0.25, 0.3) is 5.91 Å². The zero-order chi connectivity index (χ0) is 19.0. The summed E-state index contributed by atoms with van der Waals surface area (Å²) < 4.78 is 2.12. The summed E-state index contributed by atoms with van der Waals surface area (Å²) in [5.41, 5.74) is 4.02. The Hall–Kier alpha value is -2.63. The quantitative estimate of drug-likeness (QED) is 0.510. The van der Waals surface area contributed by atoms with Crippen molar-refractivity contribution in [3.05, 3.63) is 81.6 Å². The smallest absolute Gasteiger partial charge is 0.263 e. The number of carbonyl (C=O) groups is 1. The Morgan fingerprint density at radius 1 is 1.15 bits per heavy atom. The van der Waals surface area contributed by atoms with Gasteiger partial charge in [0.2, 0.25) is 0 Å². The summed E-state index contributed by atoms with van der Waals surface area (Å²) in [5.74, 6) is -0.111. The lowest BCUT2D eigenvalue weighted by Crippen LogP contribution is -2.23. The van der Waals surface area contributed by atoms with E-state index in [2.05, 4.69) is 27.0 Å². The lowest BCUT2D eigenvalue weighted by atomic mass is 10.2. The summed E-state index contributed by atoms with van der Waals surface area (Å²) in [7, 11) is 0. The number of thiophene rings is 1. The maximum absolute atomic E-state index is 13.0. The van der Waals surface area contributed by atoms with E-state index in [0.717, 1.165) is 32.9 Å². The van der Waals surface area contributed by atoms with Crippen molar-refractivity contribution < 1.29 is 4.79 Å². The van der Waals surface area contributed by atoms with Gasteiger partial charge >= 0.3 is 0 Å². The van der Waals surface area contributed by atoms with Crippen molar-refractivity contribution in [1.29, 1.82) is 0 Å². The second-order valence-corrected chi connectivity index (χ2v) is 7.84. The summed E-state index contributed by atoms with van der Waals surface area (Å²) in [6.07, 6.45) is 1.76. The first-order valence-corrected chi connectivity index (χ1v) is 9.79. The number of carbonyl (C=O) groups excluding carboxylic acids is 1. The molecule has 0 aliphatic carbocycles. The molecule has 0 saturated heterocycles. The van der Waals surface area contributed by atoms with E-state index in [4.69, 9.17) is 11.6 Å². The number of nitrogens with one attached hydrogen (secondary N) is 1. The lowest BCUT2D eigenvalue weighted by molar-refractivity contribution is 0.0955. The number of fused-ring (bicyclic) bond motifs is 1. The number of hydrogen-bond donors (Lipinski definition) is 1. The van der Waals surface area contributed by atoms with Crippen LogP contribution in [0.5, 0.6) is 0 Å². The monoisotopic (exact) mass is 395 g/mol. The first kappa shape index (κ1) is 17.8. The zero-order valence-electron chi connectivity index (χ0n) is 15.0. The molecule has 136 valence electrons. The summed E-state index contributed by atoms with van der Waals surface area (Å²) in [5, 5.41) is 4.66. The fourth-order valence-corrected chi connectivity index (χ4v) is 4.48. The molecule has 0 saturated carbocycles. The average Bonchev–Trinajstić information content (AvgIpc) is 3.19. The molecule has 0 bridgehead atoms. The Labute approximate surface area is 166 Å². The molecule has 0 atom stereocenters. The molecule has 0 fully saturated rings. The molecule has 3 heterocycles. The minimum absolute atomic E-state index is 0.111. The number of hydrogen-bond acceptors (Lipinski definition) is 3. The highest BCUT2D eigenvalue weighted by atomic mass is 35.5. The van der Waals surface area contributed by atoms with Crippen LogP contribution in [0.15, 0.2) is 54.7 Å². The van der Waals surface area contributed by atoms with Crippen molar-refractivity contribution in [3.63, 3.8) is 0 Å². The highest BCUT2D eigenvalue weighted by molar-refractivity contribution is 7.21. The standard InChI is InChI=1S/C21H18ClN3OS/c1-13-8-9-14(2)25(13)18-17-7-4-10-23-21(17)27-19(18)20(26)24-12-15-5-3-6-16(22)11-15/h3-11H,12H2,1-2H3,(H,24,26). The Bertz CT molecular complexity index is 1130. The fourth-order valence-electron chi connectivity index (χ4n) is 3.23. The minimum atomic E-state index is -0.111. The summed E-state index contributed by atoms with van der Waals surface area (Å²) >= 11 is 7.45. The molecule has 0 aliphatic heterocycles. The Kier molecular flexibility index (Phi) is 4.72. The van der Waals surface area contributed by atoms with Crippen molar-refractivity contribution in [2.75, 3.05) is 0 Å². The number of aryl methyl sites for hydroxylation is 2. The topological polar surface area (TPSA) is 46.9 Å². The van der Waals surface area contributed by atoms with Gasteiger partial charge in [-0.05, 0) is 55.8 Å². The molecular formula is C21H18ClN3OS. The second kappa shape index (κ2) is 7.18. The van der Waals surface area contributed by atoms with Crippen LogP contribution in [0.1, 0.15) is 26.6 Å². The largest absolute Gasteiger partial charge is 0.347 e. The zero-order valence-corrected chi connectivity index (χ0v) is 16.6. The van der Waals surface area contributed by atoms with Crippen molar-refractivity contribution >= 4 is 39.1 Å². The van der Waals surface area contributed by atoms with Crippen molar-refractivity contribution in [3.8, 4) is 5.69 Å². The van der Waals surface area contributed by atoms with E-state index >= 15 is 0 Å². The predicted molar refractivity (Wildman–Crippen MR) is 111 cm³/mol. The normalized spacial score (nSPS) is 11.1. The maximum Gasteiger partial charge on any atom is 0.263 e. The molecule has 27 heavy (non-hydrogen) atoms. The predicted octanol–water partition coefficient (Wildman–Crippen LogP) is 5.29. The molecule has 0 unspecified atom stereocenters. The van der Waals surface area contributed by atoms with Gasteiger partial charge in [0.1, 0.15) is 9.71 Å². The fraction of sp³-hybridized carbons (Fsp3) is 0.143. The van der Waals surface area contributed by atoms with E-state index < -0.39 is 0 Å². The molecule has 0 spiro atoms. The summed E-state index contributed by atoms with van der Waals surface area (Å²) in [6, 6.07) is 15.5. The molecule has 4 nitrogen and oxygen atoms in total. The molecule has 1 N–H and O–H groups in total. The molecule has 1 aromatic carbocycles. The van der Waals surface area contributed by atoms with Gasteiger partial charge < -0.3 is 9.88 Å². The van der Waals surface area contributed by atoms with E-state index in [1.165, 1.54) is 11.3 Å². The van der Waals surface area contributed by atoms with Crippen LogP contribution < -0.4 is 5.32 Å². The molecule has 6 heteroatoms. The number of pyridine rings is 1. The van der Waals surface area contributed by atoms with Crippen LogP contribution in [0.2, 0.25) is 5.02 Å². The van der Waals surface area contributed by atoms with E-state index in [-0.39, 0.29) is 5.91 Å². The summed E-state index contributed by atoms with van der Waals surface area (Å²) in [6.45, 7) is 4.51. The van der Waals surface area contributed by atoms with Crippen LogP contribution in [0.25, 0.3) is 15.9 Å². The Morgan fingerprint density at radius 2 is 1.93 bits per heavy atom. The van der Waals surface area contributed by atoms with Crippen LogP contribution >= 0.6 is 22.9 Å². The molecule has 0 aliphatic rings. The molecular weight excluding hydrogens is 378 g/mol. The van der Waals surface area contributed by atoms with Crippen molar-refractivity contribution in [1.82, 2.24) is 14.9 Å². The Balaban J connectivity index is 1.75. The highest BCUT2D eigenvalue weighted by Gasteiger charge is 2.22. The first-order valence-electron chi connectivity index (χ1n) is 8.60. The van der Waals surface area contributed by atoms with Gasteiger partial charge in [-0.2, -0.15) is 0 Å². The van der Waals surface area contributed by atoms with Gasteiger partial charge in [-0.3, -0.25) is 4.79 Å². The van der Waals surface area contributed by atoms with Crippen LogP contribution in [0.4, 0.5) is 0 Å². The van der Waals surface area contributed by atoms with Gasteiger partial charge in [-0.1, -0.05) is 23.7 Å². The van der Waals surface area contributed by atoms with Gasteiger partial charge in [-0.15, -0.1) is 11.3 Å². The van der Waals surface area contributed by atoms with Crippen LogP contribution in [0.3, 0.4) is 0 Å². The number of amides is 1. The molecule has 4 aromatic rings. The van der Waals surface area contributed by atoms with Gasteiger partial charge in [0, 0.05) is 34.5 Å². The van der Waals surface area contributed by atoms with Gasteiger partial charge in [-0.25, -0.2) is 4.98 Å². The SMILES string of the molecule is Cc1ccc(C)n1-c1c(C(=O)NCc2cccc(Cl)c2)sc2ncccc12. The average molecular weight is 396 g/mol. The number of halogens is 1. The third-order valence-electron chi connectivity index (χ3n) is 4.48. The summed E-state index contributed by atoms with van der Waals surface area (Å²) in [4.78, 5) is 19.0. The Morgan fingerprint density at radius 3 is 2.67 bits per heavy atom. The molecule has 4 rings (SSSR count). The minimum Gasteiger partial charge on any atom is -0.347 e. The number of nitrogens with zero attached hydrogens (tertiary/aromatic N) is 2. The van der Waals surface area contributed by atoms with Crippen LogP contribution in [-0.4, -0.2) is 15.5 Å². The first-order chi connectivity index (χ1) is 13.0. The number of aromatic nitrogens is 2. The van der Waals surface area contributed by atoms with E-state index in [0.29, 0.717) is 16.4 Å². The van der Waals surface area contributed by atoms with E-state index in [1.54, 1.807) is 6.20 Å². The van der Waals surface area contributed by atoms with E-state index in [1.807, 2.05) is 50.2 Å². The van der Waals surface area contributed by atoms with Crippen LogP contribution in [-0.2, 0) is 6.54 Å². The lowest BCUT2D eigenvalue weighted by Gasteiger charge is -2.12. The van der Waals surface area contributed by atoms with Gasteiger partial charge in [0.15, 0.2) is 0 Å². The molecule has 0 radical (unpaired) electrons.